The summed E-state index contributed by atoms with van der Waals surface area (Å²) >= 11 is 6.52. The quantitative estimate of drug-likeness (QED) is 0.586. The Bertz CT molecular complexity index is 732. The van der Waals surface area contributed by atoms with Gasteiger partial charge in [-0.1, -0.05) is 31.9 Å². The number of amides is 1. The van der Waals surface area contributed by atoms with Crippen LogP contribution in [0.4, 0.5) is 11.4 Å². The molecule has 2 aromatic carbocycles. The number of carbonyl (C=O) groups excluding carboxylic acids is 1. The number of anilines is 1. The van der Waals surface area contributed by atoms with E-state index in [2.05, 4.69) is 37.2 Å². The Morgan fingerprint density at radius 3 is 2.48 bits per heavy atom. The van der Waals surface area contributed by atoms with Crippen LogP contribution in [0.15, 0.2) is 45.3 Å². The Morgan fingerprint density at radius 1 is 1.14 bits per heavy atom. The number of halogens is 2. The third-order valence-corrected chi connectivity index (χ3v) is 3.74. The number of nitro groups is 1. The minimum atomic E-state index is -0.535. The van der Waals surface area contributed by atoms with Crippen molar-refractivity contribution in [2.45, 2.75) is 6.92 Å². The van der Waals surface area contributed by atoms with Gasteiger partial charge < -0.3 is 5.32 Å². The third-order valence-electron chi connectivity index (χ3n) is 2.79. The average molecular weight is 414 g/mol. The zero-order valence-corrected chi connectivity index (χ0v) is 14.1. The predicted molar refractivity (Wildman–Crippen MR) is 87.6 cm³/mol. The molecule has 7 heteroatoms. The van der Waals surface area contributed by atoms with Gasteiger partial charge in [0.05, 0.1) is 4.92 Å². The molecule has 0 aromatic heterocycles. The lowest BCUT2D eigenvalue weighted by molar-refractivity contribution is -0.384. The second-order valence-electron chi connectivity index (χ2n) is 4.37. The normalized spacial score (nSPS) is 10.2. The number of carbonyl (C=O) groups is 1. The van der Waals surface area contributed by atoms with Crippen LogP contribution in [0.25, 0.3) is 0 Å². The van der Waals surface area contributed by atoms with Gasteiger partial charge >= 0.3 is 0 Å². The predicted octanol–water partition coefficient (Wildman–Crippen LogP) is 4.68. The summed E-state index contributed by atoms with van der Waals surface area (Å²) in [5, 5.41) is 13.6. The summed E-state index contributed by atoms with van der Waals surface area (Å²) in [5.41, 5.74) is 1.63. The van der Waals surface area contributed by atoms with Crippen molar-refractivity contribution in [2.24, 2.45) is 0 Å². The van der Waals surface area contributed by atoms with E-state index in [1.807, 2.05) is 19.1 Å². The first kappa shape index (κ1) is 15.7. The van der Waals surface area contributed by atoms with Crippen LogP contribution >= 0.6 is 31.9 Å². The fraction of sp³-hybridized carbons (Fsp3) is 0.0714. The van der Waals surface area contributed by atoms with Crippen molar-refractivity contribution in [3.8, 4) is 0 Å². The second kappa shape index (κ2) is 6.36. The molecule has 0 spiro atoms. The standard InChI is InChI=1S/C14H10Br2N2O3/c1-8-4-10(15)2-3-13(8)17-14(19)9-5-11(16)7-12(6-9)18(20)21/h2-7H,1H3,(H,17,19). The summed E-state index contributed by atoms with van der Waals surface area (Å²) in [6.45, 7) is 1.86. The summed E-state index contributed by atoms with van der Waals surface area (Å²) < 4.78 is 1.39. The van der Waals surface area contributed by atoms with Crippen molar-refractivity contribution in [1.29, 1.82) is 0 Å². The highest BCUT2D eigenvalue weighted by Crippen LogP contribution is 2.24. The van der Waals surface area contributed by atoms with Gasteiger partial charge in [0.1, 0.15) is 0 Å². The molecule has 0 aliphatic heterocycles. The first-order chi connectivity index (χ1) is 9.86. The molecule has 0 heterocycles. The maximum atomic E-state index is 12.2. The molecule has 0 aliphatic rings. The number of nitrogens with zero attached hydrogens (tertiary/aromatic N) is 1. The molecule has 1 N–H and O–H groups in total. The molecule has 0 bridgehead atoms. The number of hydrogen-bond donors (Lipinski definition) is 1. The molecule has 2 rings (SSSR count). The van der Waals surface area contributed by atoms with E-state index in [9.17, 15) is 14.9 Å². The minimum Gasteiger partial charge on any atom is -0.322 e. The van der Waals surface area contributed by atoms with Gasteiger partial charge in [-0.3, -0.25) is 14.9 Å². The molecule has 0 aliphatic carbocycles. The van der Waals surface area contributed by atoms with E-state index in [4.69, 9.17) is 0 Å². The summed E-state index contributed by atoms with van der Waals surface area (Å²) in [4.78, 5) is 22.5. The Balaban J connectivity index is 2.30. The lowest BCUT2D eigenvalue weighted by Crippen LogP contribution is -2.13. The van der Waals surface area contributed by atoms with Gasteiger partial charge in [0, 0.05) is 32.3 Å². The smallest absolute Gasteiger partial charge is 0.271 e. The number of benzene rings is 2. The second-order valence-corrected chi connectivity index (χ2v) is 6.20. The van der Waals surface area contributed by atoms with E-state index < -0.39 is 10.8 Å². The van der Waals surface area contributed by atoms with Crippen LogP contribution in [0.3, 0.4) is 0 Å². The van der Waals surface area contributed by atoms with Crippen LogP contribution in [0.5, 0.6) is 0 Å². The molecule has 0 saturated carbocycles. The van der Waals surface area contributed by atoms with Crippen LogP contribution in [0.2, 0.25) is 0 Å². The highest BCUT2D eigenvalue weighted by atomic mass is 79.9. The average Bonchev–Trinajstić information content (AvgIpc) is 2.41. The van der Waals surface area contributed by atoms with E-state index in [-0.39, 0.29) is 11.3 Å². The molecule has 108 valence electrons. The van der Waals surface area contributed by atoms with Gasteiger partial charge in [-0.05, 0) is 36.8 Å². The maximum Gasteiger partial charge on any atom is 0.271 e. The highest BCUT2D eigenvalue weighted by Gasteiger charge is 2.14. The Hall–Kier alpha value is -1.73. The summed E-state index contributed by atoms with van der Waals surface area (Å²) in [6.07, 6.45) is 0. The molecule has 5 nitrogen and oxygen atoms in total. The van der Waals surface area contributed by atoms with Crippen LogP contribution in [-0.4, -0.2) is 10.8 Å². The van der Waals surface area contributed by atoms with Crippen LogP contribution in [-0.2, 0) is 0 Å². The van der Waals surface area contributed by atoms with Crippen LogP contribution < -0.4 is 5.32 Å². The first-order valence-electron chi connectivity index (χ1n) is 5.89. The zero-order valence-electron chi connectivity index (χ0n) is 10.9. The topological polar surface area (TPSA) is 72.2 Å². The van der Waals surface area contributed by atoms with Crippen molar-refractivity contribution in [3.05, 3.63) is 66.6 Å². The molecule has 21 heavy (non-hydrogen) atoms. The van der Waals surface area contributed by atoms with Gasteiger partial charge in [0.15, 0.2) is 0 Å². The molecule has 0 unspecified atom stereocenters. The Kier molecular flexibility index (Phi) is 4.74. The largest absolute Gasteiger partial charge is 0.322 e. The van der Waals surface area contributed by atoms with Gasteiger partial charge in [0.25, 0.3) is 11.6 Å². The van der Waals surface area contributed by atoms with Crippen molar-refractivity contribution in [1.82, 2.24) is 0 Å². The van der Waals surface area contributed by atoms with Crippen molar-refractivity contribution in [2.75, 3.05) is 5.32 Å². The van der Waals surface area contributed by atoms with Crippen LogP contribution in [0.1, 0.15) is 15.9 Å². The Morgan fingerprint density at radius 2 is 1.86 bits per heavy atom. The monoisotopic (exact) mass is 412 g/mol. The molecule has 2 aromatic rings. The lowest BCUT2D eigenvalue weighted by atomic mass is 10.1. The van der Waals surface area contributed by atoms with Gasteiger partial charge in [-0.25, -0.2) is 0 Å². The number of nitrogens with one attached hydrogen (secondary N) is 1. The molecule has 0 fully saturated rings. The summed E-state index contributed by atoms with van der Waals surface area (Å²) in [5.74, 6) is -0.398. The summed E-state index contributed by atoms with van der Waals surface area (Å²) in [6, 6.07) is 9.58. The van der Waals surface area contributed by atoms with Crippen molar-refractivity contribution >= 4 is 49.1 Å². The van der Waals surface area contributed by atoms with Gasteiger partial charge in [0.2, 0.25) is 0 Å². The van der Waals surface area contributed by atoms with E-state index in [1.165, 1.54) is 18.2 Å². The molecule has 0 radical (unpaired) electrons. The lowest BCUT2D eigenvalue weighted by Gasteiger charge is -2.09. The maximum absolute atomic E-state index is 12.2. The minimum absolute atomic E-state index is 0.137. The fourth-order valence-electron chi connectivity index (χ4n) is 1.77. The fourth-order valence-corrected chi connectivity index (χ4v) is 2.73. The number of hydrogen-bond acceptors (Lipinski definition) is 3. The van der Waals surface area contributed by atoms with Gasteiger partial charge in [-0.15, -0.1) is 0 Å². The molecule has 0 atom stereocenters. The number of aryl methyl sites for hydroxylation is 1. The number of nitro benzene ring substituents is 1. The zero-order chi connectivity index (χ0) is 15.6. The van der Waals surface area contributed by atoms with Gasteiger partial charge in [-0.2, -0.15) is 0 Å². The van der Waals surface area contributed by atoms with E-state index >= 15 is 0 Å². The Labute approximate surface area is 137 Å². The highest BCUT2D eigenvalue weighted by molar-refractivity contribution is 9.10. The van der Waals surface area contributed by atoms with Crippen molar-refractivity contribution in [3.63, 3.8) is 0 Å². The van der Waals surface area contributed by atoms with E-state index in [0.717, 1.165) is 10.0 Å². The summed E-state index contributed by atoms with van der Waals surface area (Å²) in [7, 11) is 0. The first-order valence-corrected chi connectivity index (χ1v) is 7.48. The van der Waals surface area contributed by atoms with E-state index in [0.29, 0.717) is 10.2 Å². The number of non-ortho nitro benzene ring substituents is 1. The van der Waals surface area contributed by atoms with E-state index in [1.54, 1.807) is 6.07 Å². The van der Waals surface area contributed by atoms with Crippen molar-refractivity contribution < 1.29 is 9.72 Å². The molecular formula is C14H10Br2N2O3. The van der Waals surface area contributed by atoms with Crippen LogP contribution in [0, 0.1) is 17.0 Å². The SMILES string of the molecule is Cc1cc(Br)ccc1NC(=O)c1cc(Br)cc([N+](=O)[O-])c1. The molecule has 0 saturated heterocycles. The third kappa shape index (κ3) is 3.89. The molecule has 1 amide bonds. The molecular weight excluding hydrogens is 404 g/mol. The number of rotatable bonds is 3.